The number of carbonyl (C=O) groups excluding carboxylic acids is 1. The molecule has 1 aliphatic heterocycles. The number of rotatable bonds is 13. The highest BCUT2D eigenvalue weighted by atomic mass is 16.5. The summed E-state index contributed by atoms with van der Waals surface area (Å²) in [6, 6.07) is 1.93. The number of ether oxygens (including phenoxy) is 2. The van der Waals surface area contributed by atoms with Crippen LogP contribution in [0.4, 0.5) is 16.6 Å². The van der Waals surface area contributed by atoms with Crippen molar-refractivity contribution in [2.75, 3.05) is 43.6 Å². The zero-order valence-electron chi connectivity index (χ0n) is 30.9. The molecule has 3 atom stereocenters. The largest absolute Gasteiger partial charge is 0.445 e. The minimum atomic E-state index is -0.524. The monoisotopic (exact) mass is 669 g/mol. The number of aryl methyl sites for hydroxylation is 1. The minimum Gasteiger partial charge on any atom is -0.445 e. The summed E-state index contributed by atoms with van der Waals surface area (Å²) in [7, 11) is 3.31. The summed E-state index contributed by atoms with van der Waals surface area (Å²) < 4.78 is 18.1. The third-order valence-corrected chi connectivity index (χ3v) is 8.72. The fourth-order valence-electron chi connectivity index (χ4n) is 6.01. The van der Waals surface area contributed by atoms with E-state index >= 15 is 0 Å². The number of hydrogen-bond acceptors (Lipinski definition) is 10. The topological polar surface area (TPSA) is 148 Å². The Balaban J connectivity index is 0.00000193. The number of hydrogen-bond donors (Lipinski definition) is 3. The number of allylic oxidation sites excluding steroid dienone is 2. The third kappa shape index (κ3) is 10.0. The van der Waals surface area contributed by atoms with Gasteiger partial charge in [0.15, 0.2) is 0 Å². The van der Waals surface area contributed by atoms with E-state index in [9.17, 15) is 9.59 Å². The first-order valence-electron chi connectivity index (χ1n) is 17.5. The van der Waals surface area contributed by atoms with Gasteiger partial charge < -0.3 is 34.9 Å². The summed E-state index contributed by atoms with van der Waals surface area (Å²) in [5, 5.41) is 19.0. The molecule has 1 aliphatic carbocycles. The average molecular weight is 670 g/mol. The Morgan fingerprint density at radius 3 is 2.54 bits per heavy atom. The number of nitrogens with zero attached hydrogens (tertiary/aromatic N) is 4. The second-order valence-corrected chi connectivity index (χ2v) is 11.9. The molecule has 1 fully saturated rings. The Labute approximate surface area is 286 Å². The van der Waals surface area contributed by atoms with E-state index in [2.05, 4.69) is 46.7 Å². The molecule has 3 N–H and O–H groups in total. The van der Waals surface area contributed by atoms with Gasteiger partial charge in [0.1, 0.15) is 30.0 Å². The van der Waals surface area contributed by atoms with E-state index < -0.39 is 11.5 Å². The first-order chi connectivity index (χ1) is 23.1. The van der Waals surface area contributed by atoms with Crippen LogP contribution in [0.2, 0.25) is 0 Å². The molecule has 0 bridgehead atoms. The van der Waals surface area contributed by atoms with E-state index in [0.29, 0.717) is 43.6 Å². The first kappa shape index (κ1) is 40.2. The smallest absolute Gasteiger partial charge is 0.407 e. The van der Waals surface area contributed by atoms with Crippen LogP contribution in [0.15, 0.2) is 39.2 Å². The number of carbonyl (C=O) groups is 1. The molecule has 2 aromatic heterocycles. The highest BCUT2D eigenvalue weighted by molar-refractivity contribution is 6.00. The predicted molar refractivity (Wildman–Crippen MR) is 193 cm³/mol. The van der Waals surface area contributed by atoms with Crippen molar-refractivity contribution in [1.82, 2.24) is 20.0 Å². The lowest BCUT2D eigenvalue weighted by molar-refractivity contribution is 0.115. The summed E-state index contributed by atoms with van der Waals surface area (Å²) in [6.45, 7) is 17.3. The number of aromatic nitrogens is 3. The van der Waals surface area contributed by atoms with Gasteiger partial charge in [0.25, 0.3) is 5.56 Å². The lowest BCUT2D eigenvalue weighted by atomic mass is 9.68. The van der Waals surface area contributed by atoms with Crippen LogP contribution in [0.25, 0.3) is 0 Å². The lowest BCUT2D eigenvalue weighted by Gasteiger charge is -2.46. The molecule has 3 heterocycles. The zero-order valence-corrected chi connectivity index (χ0v) is 30.9. The molecule has 0 radical (unpaired) electrons. The Morgan fingerprint density at radius 1 is 1.25 bits per heavy atom. The van der Waals surface area contributed by atoms with Gasteiger partial charge in [0.05, 0.1) is 5.69 Å². The molecular formula is C36H59N7O5. The van der Waals surface area contributed by atoms with Gasteiger partial charge in [-0.2, -0.15) is 4.98 Å². The fourth-order valence-corrected chi connectivity index (χ4v) is 6.01. The maximum Gasteiger partial charge on any atom is 0.407 e. The van der Waals surface area contributed by atoms with E-state index in [1.807, 2.05) is 46.8 Å². The predicted octanol–water partition coefficient (Wildman–Crippen LogP) is 6.88. The van der Waals surface area contributed by atoms with Gasteiger partial charge in [0, 0.05) is 51.0 Å². The summed E-state index contributed by atoms with van der Waals surface area (Å²) in [5.41, 5.74) is 1.32. The molecule has 1 amide bonds. The average Bonchev–Trinajstić information content (AvgIpc) is 3.55. The van der Waals surface area contributed by atoms with Crippen molar-refractivity contribution in [3.05, 3.63) is 57.2 Å². The van der Waals surface area contributed by atoms with Gasteiger partial charge in [-0.1, -0.05) is 71.3 Å². The summed E-state index contributed by atoms with van der Waals surface area (Å²) in [4.78, 5) is 33.3. The molecular weight excluding hydrogens is 610 g/mol. The SMILES string of the molecule is CC.CC.CCCCC(Nc1nc(N2CCC(CNC(=O)OCC3=CCCC=C3)(c3cc(C)on3)C(C)C2)n(C)c(=O)c1C(C)=N)OC. The Hall–Kier alpha value is -3.93. The van der Waals surface area contributed by atoms with E-state index in [1.54, 1.807) is 21.1 Å². The van der Waals surface area contributed by atoms with Crippen LogP contribution in [-0.2, 0) is 21.9 Å². The molecule has 3 unspecified atom stereocenters. The number of unbranched alkanes of at least 4 members (excludes halogenated alkanes) is 1. The van der Waals surface area contributed by atoms with Gasteiger partial charge >= 0.3 is 6.09 Å². The summed E-state index contributed by atoms with van der Waals surface area (Å²) >= 11 is 0. The summed E-state index contributed by atoms with van der Waals surface area (Å²) in [6.07, 6.45) is 10.6. The Morgan fingerprint density at radius 2 is 1.98 bits per heavy atom. The van der Waals surface area contributed by atoms with Crippen LogP contribution in [0.5, 0.6) is 0 Å². The van der Waals surface area contributed by atoms with E-state index in [4.69, 9.17) is 24.4 Å². The Kier molecular flexibility index (Phi) is 16.6. The molecule has 12 heteroatoms. The number of amides is 1. The van der Waals surface area contributed by atoms with E-state index in [1.165, 1.54) is 4.57 Å². The third-order valence-electron chi connectivity index (χ3n) is 8.72. The van der Waals surface area contributed by atoms with Gasteiger partial charge in [-0.15, -0.1) is 0 Å². The fraction of sp³-hybridized carbons (Fsp3) is 0.639. The second-order valence-electron chi connectivity index (χ2n) is 11.9. The van der Waals surface area contributed by atoms with Crippen LogP contribution >= 0.6 is 0 Å². The maximum absolute atomic E-state index is 13.5. The van der Waals surface area contributed by atoms with Crippen LogP contribution in [0.3, 0.4) is 0 Å². The van der Waals surface area contributed by atoms with Crippen LogP contribution < -0.4 is 21.1 Å². The van der Waals surface area contributed by atoms with Gasteiger partial charge in [-0.3, -0.25) is 9.36 Å². The lowest BCUT2D eigenvalue weighted by Crippen LogP contribution is -2.55. The van der Waals surface area contributed by atoms with Crippen molar-refractivity contribution < 1.29 is 18.8 Å². The molecule has 268 valence electrons. The van der Waals surface area contributed by atoms with Crippen LogP contribution in [-0.4, -0.2) is 66.1 Å². The molecule has 0 spiro atoms. The first-order valence-corrected chi connectivity index (χ1v) is 17.5. The molecule has 1 saturated heterocycles. The number of nitrogens with one attached hydrogen (secondary N) is 3. The number of piperidine rings is 1. The van der Waals surface area contributed by atoms with E-state index in [0.717, 1.165) is 43.4 Å². The zero-order chi connectivity index (χ0) is 35.9. The number of methoxy groups -OCH3 is 1. The normalized spacial score (nSPS) is 19.2. The quantitative estimate of drug-likeness (QED) is 0.153. The number of anilines is 2. The maximum atomic E-state index is 13.5. The van der Waals surface area contributed by atoms with Crippen LogP contribution in [0, 0.1) is 18.3 Å². The van der Waals surface area contributed by atoms with Crippen molar-refractivity contribution in [2.24, 2.45) is 13.0 Å². The van der Waals surface area contributed by atoms with E-state index in [-0.39, 0.29) is 35.6 Å². The molecule has 12 nitrogen and oxygen atoms in total. The Bertz CT molecular complexity index is 1450. The van der Waals surface area contributed by atoms with Gasteiger partial charge in [-0.25, -0.2) is 4.79 Å². The highest BCUT2D eigenvalue weighted by Gasteiger charge is 2.45. The minimum absolute atomic E-state index is 0.0150. The molecule has 4 rings (SSSR count). The van der Waals surface area contributed by atoms with Gasteiger partial charge in [-0.05, 0) is 57.4 Å². The highest BCUT2D eigenvalue weighted by Crippen LogP contribution is 2.40. The second kappa shape index (κ2) is 19.8. The van der Waals surface area contributed by atoms with Crippen LogP contribution in [0.1, 0.15) is 104 Å². The molecule has 2 aromatic rings. The molecule has 0 aromatic carbocycles. The van der Waals surface area contributed by atoms with Crippen molar-refractivity contribution in [3.8, 4) is 0 Å². The van der Waals surface area contributed by atoms with Crippen molar-refractivity contribution in [2.45, 2.75) is 106 Å². The summed E-state index contributed by atoms with van der Waals surface area (Å²) in [5.74, 6) is 1.54. The molecule has 2 aliphatic rings. The number of alkyl carbamates (subject to hydrolysis) is 1. The standard InChI is InChI=1S/C32H47N7O5.2C2H6/c1-7-8-14-26(42-6)35-28-27(23(4)33)29(40)38(5)30(36-28)39-16-15-32(21(2)18-39,25-17-22(3)44-37-25)20-34-31(41)43-19-24-12-10-9-11-13-24;2*1-2/h10,12-13,17,21,26,33,35H,7-9,11,14-16,18-20H2,1-6H3,(H,34,41);2*1-2H3. The van der Waals surface area contributed by atoms with Crippen molar-refractivity contribution in [3.63, 3.8) is 0 Å². The molecule has 48 heavy (non-hydrogen) atoms. The van der Waals surface area contributed by atoms with Crippen molar-refractivity contribution in [1.29, 1.82) is 5.41 Å². The van der Waals surface area contributed by atoms with Crippen molar-refractivity contribution >= 4 is 23.6 Å². The van der Waals surface area contributed by atoms with Gasteiger partial charge in [0.2, 0.25) is 5.95 Å². The molecule has 0 saturated carbocycles.